The van der Waals surface area contributed by atoms with E-state index >= 15 is 0 Å². The number of rotatable bonds is 6. The summed E-state index contributed by atoms with van der Waals surface area (Å²) in [6, 6.07) is 5.10. The lowest BCUT2D eigenvalue weighted by atomic mass is 9.89. The van der Waals surface area contributed by atoms with E-state index < -0.39 is 6.10 Å². The molecule has 2 unspecified atom stereocenters. The number of hydrogen-bond acceptors (Lipinski definition) is 4. The molecular weight excluding hydrogens is 254 g/mol. The molecule has 2 atom stereocenters. The molecule has 1 rings (SSSR count). The Balaban J connectivity index is 2.60. The molecule has 4 heteroatoms. The molecule has 0 fully saturated rings. The first-order valence-electron chi connectivity index (χ1n) is 7.01. The van der Waals surface area contributed by atoms with Gasteiger partial charge in [-0.05, 0) is 37.0 Å². The fourth-order valence-corrected chi connectivity index (χ4v) is 2.21. The number of phenolic OH excluding ortho intramolecular Hbond substituents is 1. The van der Waals surface area contributed by atoms with Crippen molar-refractivity contribution < 1.29 is 14.9 Å². The molecule has 20 heavy (non-hydrogen) atoms. The average Bonchev–Trinajstić information content (AvgIpc) is 2.34. The van der Waals surface area contributed by atoms with Gasteiger partial charge in [0.25, 0.3) is 0 Å². The predicted molar refractivity (Wildman–Crippen MR) is 81.2 cm³/mol. The molecule has 0 saturated carbocycles. The van der Waals surface area contributed by atoms with E-state index in [0.717, 1.165) is 12.0 Å². The van der Waals surface area contributed by atoms with E-state index in [-0.39, 0.29) is 17.2 Å². The minimum absolute atomic E-state index is 0.0558. The zero-order chi connectivity index (χ0) is 15.3. The fourth-order valence-electron chi connectivity index (χ4n) is 2.21. The van der Waals surface area contributed by atoms with Crippen molar-refractivity contribution >= 4 is 0 Å². The quantitative estimate of drug-likeness (QED) is 0.750. The molecular formula is C16H27NO3. The van der Waals surface area contributed by atoms with Gasteiger partial charge < -0.3 is 20.3 Å². The molecule has 0 aliphatic carbocycles. The van der Waals surface area contributed by atoms with Crippen LogP contribution < -0.4 is 10.1 Å². The van der Waals surface area contributed by atoms with Gasteiger partial charge in [-0.3, -0.25) is 0 Å². The molecule has 4 nitrogen and oxygen atoms in total. The number of aromatic hydroxyl groups is 1. The first-order chi connectivity index (χ1) is 9.23. The number of phenols is 1. The lowest BCUT2D eigenvalue weighted by molar-refractivity contribution is 0.117. The predicted octanol–water partition coefficient (Wildman–Crippen LogP) is 2.85. The second kappa shape index (κ2) is 6.95. The molecule has 0 saturated heterocycles. The summed E-state index contributed by atoms with van der Waals surface area (Å²) in [4.78, 5) is 0. The normalized spacial score (nSPS) is 14.9. The Bertz CT molecular complexity index is 426. The average molecular weight is 281 g/mol. The first kappa shape index (κ1) is 16.8. The lowest BCUT2D eigenvalue weighted by Crippen LogP contribution is -2.31. The SMILES string of the molecule is COc1ccc(O)c(C(C)NCC(O)CC(C)(C)C)c1. The Morgan fingerprint density at radius 1 is 1.30 bits per heavy atom. The Labute approximate surface area is 121 Å². The van der Waals surface area contributed by atoms with Crippen LogP contribution >= 0.6 is 0 Å². The van der Waals surface area contributed by atoms with Gasteiger partial charge in [-0.15, -0.1) is 0 Å². The van der Waals surface area contributed by atoms with Crippen molar-refractivity contribution in [3.05, 3.63) is 23.8 Å². The third-order valence-electron chi connectivity index (χ3n) is 3.21. The second-order valence-corrected chi connectivity index (χ2v) is 6.47. The standard InChI is InChI=1S/C16H27NO3/c1-11(17-10-12(18)9-16(2,3)4)14-8-13(20-5)6-7-15(14)19/h6-8,11-12,17-19H,9-10H2,1-5H3. The van der Waals surface area contributed by atoms with Crippen LogP contribution in [0.3, 0.4) is 0 Å². The minimum atomic E-state index is -0.398. The Morgan fingerprint density at radius 2 is 1.95 bits per heavy atom. The van der Waals surface area contributed by atoms with Crippen LogP contribution in [0.1, 0.15) is 45.7 Å². The molecule has 1 aromatic carbocycles. The van der Waals surface area contributed by atoms with E-state index in [1.54, 1.807) is 19.2 Å². The smallest absolute Gasteiger partial charge is 0.120 e. The molecule has 1 aromatic rings. The van der Waals surface area contributed by atoms with E-state index in [2.05, 4.69) is 26.1 Å². The highest BCUT2D eigenvalue weighted by molar-refractivity contribution is 5.41. The van der Waals surface area contributed by atoms with Crippen molar-refractivity contribution in [2.45, 2.75) is 46.3 Å². The Hall–Kier alpha value is -1.26. The van der Waals surface area contributed by atoms with Crippen LogP contribution in [0.5, 0.6) is 11.5 Å². The van der Waals surface area contributed by atoms with Crippen LogP contribution in [-0.2, 0) is 0 Å². The summed E-state index contributed by atoms with van der Waals surface area (Å²) >= 11 is 0. The monoisotopic (exact) mass is 281 g/mol. The Morgan fingerprint density at radius 3 is 2.50 bits per heavy atom. The molecule has 0 spiro atoms. The molecule has 0 radical (unpaired) electrons. The Kier molecular flexibility index (Phi) is 5.84. The second-order valence-electron chi connectivity index (χ2n) is 6.47. The molecule has 3 N–H and O–H groups in total. The van der Waals surface area contributed by atoms with Gasteiger partial charge in [-0.2, -0.15) is 0 Å². The summed E-state index contributed by atoms with van der Waals surface area (Å²) in [6.07, 6.45) is 0.335. The highest BCUT2D eigenvalue weighted by atomic mass is 16.5. The highest BCUT2D eigenvalue weighted by Gasteiger charge is 2.18. The molecule has 0 aliphatic heterocycles. The summed E-state index contributed by atoms with van der Waals surface area (Å²) in [7, 11) is 1.60. The molecule has 0 heterocycles. The maximum Gasteiger partial charge on any atom is 0.120 e. The third-order valence-corrected chi connectivity index (χ3v) is 3.21. The summed E-state index contributed by atoms with van der Waals surface area (Å²) in [5.41, 5.74) is 0.870. The van der Waals surface area contributed by atoms with E-state index in [1.165, 1.54) is 0 Å². The third kappa shape index (κ3) is 5.39. The molecule has 0 amide bonds. The molecule has 0 bridgehead atoms. The van der Waals surface area contributed by atoms with Gasteiger partial charge in [0.1, 0.15) is 11.5 Å². The number of nitrogens with one attached hydrogen (secondary N) is 1. The van der Waals surface area contributed by atoms with E-state index in [4.69, 9.17) is 4.74 Å². The largest absolute Gasteiger partial charge is 0.508 e. The van der Waals surface area contributed by atoms with Crippen molar-refractivity contribution in [3.63, 3.8) is 0 Å². The van der Waals surface area contributed by atoms with E-state index in [9.17, 15) is 10.2 Å². The van der Waals surface area contributed by atoms with Crippen molar-refractivity contribution in [1.82, 2.24) is 5.32 Å². The summed E-state index contributed by atoms with van der Waals surface area (Å²) in [5.74, 6) is 0.942. The van der Waals surface area contributed by atoms with Crippen LogP contribution in [-0.4, -0.2) is 30.0 Å². The van der Waals surface area contributed by atoms with Crippen molar-refractivity contribution in [3.8, 4) is 11.5 Å². The first-order valence-corrected chi connectivity index (χ1v) is 7.01. The topological polar surface area (TPSA) is 61.7 Å². The minimum Gasteiger partial charge on any atom is -0.508 e. The van der Waals surface area contributed by atoms with Gasteiger partial charge in [0.2, 0.25) is 0 Å². The van der Waals surface area contributed by atoms with Crippen LogP contribution in [0, 0.1) is 5.41 Å². The van der Waals surface area contributed by atoms with Gasteiger partial charge in [-0.25, -0.2) is 0 Å². The number of benzene rings is 1. The molecule has 114 valence electrons. The van der Waals surface area contributed by atoms with Gasteiger partial charge in [0, 0.05) is 18.2 Å². The maximum absolute atomic E-state index is 10.0. The zero-order valence-electron chi connectivity index (χ0n) is 13.1. The number of aliphatic hydroxyl groups is 1. The number of aliphatic hydroxyl groups excluding tert-OH is 1. The number of methoxy groups -OCH3 is 1. The van der Waals surface area contributed by atoms with Crippen LogP contribution in [0.4, 0.5) is 0 Å². The van der Waals surface area contributed by atoms with E-state index in [1.807, 2.05) is 13.0 Å². The molecule has 0 aliphatic rings. The van der Waals surface area contributed by atoms with Crippen LogP contribution in [0.25, 0.3) is 0 Å². The fraction of sp³-hybridized carbons (Fsp3) is 0.625. The van der Waals surface area contributed by atoms with Crippen LogP contribution in [0.15, 0.2) is 18.2 Å². The summed E-state index contributed by atoms with van der Waals surface area (Å²) in [5, 5.41) is 23.1. The van der Waals surface area contributed by atoms with Crippen molar-refractivity contribution in [1.29, 1.82) is 0 Å². The summed E-state index contributed by atoms with van der Waals surface area (Å²) in [6.45, 7) is 8.77. The highest BCUT2D eigenvalue weighted by Crippen LogP contribution is 2.28. The van der Waals surface area contributed by atoms with Crippen LogP contribution in [0.2, 0.25) is 0 Å². The maximum atomic E-state index is 10.0. The number of hydrogen-bond donors (Lipinski definition) is 3. The van der Waals surface area contributed by atoms with E-state index in [0.29, 0.717) is 12.3 Å². The van der Waals surface area contributed by atoms with Gasteiger partial charge in [0.15, 0.2) is 0 Å². The number of ether oxygens (including phenoxy) is 1. The van der Waals surface area contributed by atoms with Gasteiger partial charge in [-0.1, -0.05) is 20.8 Å². The lowest BCUT2D eigenvalue weighted by Gasteiger charge is -2.24. The zero-order valence-corrected chi connectivity index (χ0v) is 13.1. The van der Waals surface area contributed by atoms with Gasteiger partial charge in [0.05, 0.1) is 13.2 Å². The van der Waals surface area contributed by atoms with Gasteiger partial charge >= 0.3 is 0 Å². The van der Waals surface area contributed by atoms with Crippen molar-refractivity contribution in [2.75, 3.05) is 13.7 Å². The summed E-state index contributed by atoms with van der Waals surface area (Å²) < 4.78 is 5.16. The van der Waals surface area contributed by atoms with Crippen molar-refractivity contribution in [2.24, 2.45) is 5.41 Å². The molecule has 0 aromatic heterocycles.